The normalized spacial score (nSPS) is 18.1. The fourth-order valence-corrected chi connectivity index (χ4v) is 5.06. The molecule has 0 saturated carbocycles. The summed E-state index contributed by atoms with van der Waals surface area (Å²) in [6.07, 6.45) is 0.462. The van der Waals surface area contributed by atoms with Crippen LogP contribution in [0.1, 0.15) is 18.9 Å². The van der Waals surface area contributed by atoms with E-state index in [1.54, 1.807) is 23.1 Å². The third kappa shape index (κ3) is 4.77. The Kier molecular flexibility index (Phi) is 7.09. The van der Waals surface area contributed by atoms with Gasteiger partial charge in [0.15, 0.2) is 12.6 Å². The summed E-state index contributed by atoms with van der Waals surface area (Å²) in [5.74, 6) is -0.513. The highest BCUT2D eigenvalue weighted by Gasteiger charge is 2.28. The molecular weight excluding hydrogens is 506 g/mol. The Hall–Kier alpha value is -3.18. The summed E-state index contributed by atoms with van der Waals surface area (Å²) in [7, 11) is 1.48. The number of aromatic nitrogens is 3. The Morgan fingerprint density at radius 2 is 1.89 bits per heavy atom. The summed E-state index contributed by atoms with van der Waals surface area (Å²) in [6, 6.07) is 6.31. The van der Waals surface area contributed by atoms with E-state index in [-0.39, 0.29) is 54.0 Å². The highest BCUT2D eigenvalue weighted by molar-refractivity contribution is 6.28. The van der Waals surface area contributed by atoms with Crippen LogP contribution in [0.15, 0.2) is 30.5 Å². The fourth-order valence-electron chi connectivity index (χ4n) is 4.89. The van der Waals surface area contributed by atoms with Crippen molar-refractivity contribution >= 4 is 39.1 Å². The van der Waals surface area contributed by atoms with Crippen LogP contribution < -0.4 is 9.64 Å². The smallest absolute Gasteiger partial charge is 0.225 e. The molecule has 11 heteroatoms. The lowest BCUT2D eigenvalue weighted by Gasteiger charge is -2.34. The van der Waals surface area contributed by atoms with Gasteiger partial charge in [-0.1, -0.05) is 13.0 Å². The van der Waals surface area contributed by atoms with Crippen molar-refractivity contribution in [1.29, 1.82) is 0 Å². The van der Waals surface area contributed by atoms with E-state index in [9.17, 15) is 14.6 Å². The van der Waals surface area contributed by atoms with Crippen LogP contribution in [-0.2, 0) is 11.2 Å². The maximum Gasteiger partial charge on any atom is 0.225 e. The Bertz CT molecular complexity index is 1480. The maximum absolute atomic E-state index is 16.2. The Balaban J connectivity index is 1.74. The van der Waals surface area contributed by atoms with Crippen LogP contribution in [0.5, 0.6) is 5.75 Å². The van der Waals surface area contributed by atoms with Gasteiger partial charge in [-0.3, -0.25) is 4.98 Å². The van der Waals surface area contributed by atoms with Gasteiger partial charge in [-0.2, -0.15) is 4.98 Å². The van der Waals surface area contributed by atoms with Crippen molar-refractivity contribution in [3.8, 4) is 17.0 Å². The van der Waals surface area contributed by atoms with Gasteiger partial charge in [0.05, 0.1) is 17.6 Å². The lowest BCUT2D eigenvalue weighted by atomic mass is 9.94. The molecule has 3 heterocycles. The zero-order valence-electron chi connectivity index (χ0n) is 20.2. The molecule has 8 nitrogen and oxygen atoms in total. The van der Waals surface area contributed by atoms with Crippen molar-refractivity contribution < 1.29 is 28.5 Å². The number of ether oxygens (including phenoxy) is 2. The Labute approximate surface area is 216 Å². The van der Waals surface area contributed by atoms with Crippen molar-refractivity contribution in [2.75, 3.05) is 31.9 Å². The largest absolute Gasteiger partial charge is 0.468 e. The van der Waals surface area contributed by atoms with Gasteiger partial charge in [0.1, 0.15) is 28.6 Å². The second kappa shape index (κ2) is 10.3. The summed E-state index contributed by atoms with van der Waals surface area (Å²) in [5.41, 5.74) is 0.615. The van der Waals surface area contributed by atoms with E-state index in [4.69, 9.17) is 21.1 Å². The zero-order chi connectivity index (χ0) is 26.3. The Morgan fingerprint density at radius 3 is 2.59 bits per heavy atom. The number of fused-ring (bicyclic) bond motifs is 2. The molecule has 1 aliphatic rings. The van der Waals surface area contributed by atoms with Crippen LogP contribution in [0, 0.1) is 11.6 Å². The molecule has 4 aromatic rings. The molecule has 2 N–H and O–H groups in total. The number of hydrogen-bond donors (Lipinski definition) is 2. The first-order valence-corrected chi connectivity index (χ1v) is 12.2. The molecule has 0 aliphatic carbocycles. The third-order valence-electron chi connectivity index (χ3n) is 6.44. The second-order valence-corrected chi connectivity index (χ2v) is 9.29. The molecule has 5 rings (SSSR count). The van der Waals surface area contributed by atoms with Crippen LogP contribution in [0.3, 0.4) is 0 Å². The van der Waals surface area contributed by atoms with Gasteiger partial charge in [0.25, 0.3) is 0 Å². The number of nitrogens with zero attached hydrogens (tertiary/aromatic N) is 4. The molecule has 2 aromatic carbocycles. The van der Waals surface area contributed by atoms with Crippen LogP contribution >= 0.6 is 11.6 Å². The molecule has 2 aromatic heterocycles. The van der Waals surface area contributed by atoms with Gasteiger partial charge in [0.2, 0.25) is 5.28 Å². The molecule has 1 fully saturated rings. The number of anilines is 1. The second-order valence-electron chi connectivity index (χ2n) is 8.95. The average molecular weight is 531 g/mol. The first-order valence-electron chi connectivity index (χ1n) is 11.8. The van der Waals surface area contributed by atoms with Crippen LogP contribution in [0.4, 0.5) is 14.6 Å². The standard InChI is InChI=1S/C26H25ClF2N4O4/c1-3-17-20(28)5-4-13-6-16(37-12-36-2)8-18(21(13)17)23-22(29)24-19(9-30-23)25(32-26(27)31-24)33-10-14(34)7-15(35)11-33/h4-6,8-9,14-15,34-35H,3,7,10-12H2,1-2H3/t14-,15-/m1/s1. The predicted octanol–water partition coefficient (Wildman–Crippen LogP) is 4.25. The van der Waals surface area contributed by atoms with E-state index in [2.05, 4.69) is 15.0 Å². The molecule has 0 unspecified atom stereocenters. The molecule has 0 radical (unpaired) electrons. The highest BCUT2D eigenvalue weighted by Crippen LogP contribution is 2.39. The van der Waals surface area contributed by atoms with E-state index >= 15 is 4.39 Å². The van der Waals surface area contributed by atoms with E-state index in [0.29, 0.717) is 34.1 Å². The highest BCUT2D eigenvalue weighted by atomic mass is 35.5. The van der Waals surface area contributed by atoms with E-state index < -0.39 is 23.8 Å². The number of aryl methyl sites for hydroxylation is 1. The van der Waals surface area contributed by atoms with Crippen LogP contribution in [0.2, 0.25) is 5.28 Å². The molecule has 37 heavy (non-hydrogen) atoms. The average Bonchev–Trinajstić information content (AvgIpc) is 2.87. The molecule has 0 spiro atoms. The van der Waals surface area contributed by atoms with E-state index in [1.807, 2.05) is 6.92 Å². The Morgan fingerprint density at radius 1 is 1.14 bits per heavy atom. The van der Waals surface area contributed by atoms with Crippen LogP contribution in [-0.4, -0.2) is 64.4 Å². The minimum absolute atomic E-state index is 0.0276. The summed E-state index contributed by atoms with van der Waals surface area (Å²) in [4.78, 5) is 14.4. The number of β-amino-alcohol motifs (C(OH)–C–C–N with tert-alkyl or cyclic N) is 2. The number of halogens is 3. The predicted molar refractivity (Wildman–Crippen MR) is 136 cm³/mol. The lowest BCUT2D eigenvalue weighted by molar-refractivity contribution is 0.0512. The summed E-state index contributed by atoms with van der Waals surface area (Å²) < 4.78 is 41.6. The summed E-state index contributed by atoms with van der Waals surface area (Å²) >= 11 is 6.19. The van der Waals surface area contributed by atoms with Gasteiger partial charge < -0.3 is 24.6 Å². The molecule has 194 valence electrons. The third-order valence-corrected chi connectivity index (χ3v) is 6.61. The molecule has 0 amide bonds. The number of hydrogen-bond acceptors (Lipinski definition) is 8. The van der Waals surface area contributed by atoms with Crippen molar-refractivity contribution in [3.05, 3.63) is 52.9 Å². The lowest BCUT2D eigenvalue weighted by Crippen LogP contribution is -2.46. The van der Waals surface area contributed by atoms with Gasteiger partial charge in [0, 0.05) is 38.4 Å². The summed E-state index contributed by atoms with van der Waals surface area (Å²) in [5, 5.41) is 21.5. The van der Waals surface area contributed by atoms with Gasteiger partial charge in [-0.05, 0) is 52.6 Å². The SMILES string of the molecule is CCc1c(F)ccc2cc(OCOC)cc(-c3ncc4c(N5C[C@H](O)C[C@@H](O)C5)nc(Cl)nc4c3F)c12. The van der Waals surface area contributed by atoms with Crippen molar-refractivity contribution in [3.63, 3.8) is 0 Å². The van der Waals surface area contributed by atoms with Gasteiger partial charge >= 0.3 is 0 Å². The number of rotatable bonds is 6. The number of aliphatic hydroxyl groups is 2. The zero-order valence-corrected chi connectivity index (χ0v) is 21.0. The van der Waals surface area contributed by atoms with Gasteiger partial charge in [-0.15, -0.1) is 0 Å². The fraction of sp³-hybridized carbons (Fsp3) is 0.346. The molecule has 2 atom stereocenters. The maximum atomic E-state index is 16.2. The van der Waals surface area contributed by atoms with Crippen molar-refractivity contribution in [1.82, 2.24) is 15.0 Å². The topological polar surface area (TPSA) is 101 Å². The van der Waals surface area contributed by atoms with E-state index in [0.717, 1.165) is 0 Å². The number of piperidine rings is 1. The van der Waals surface area contributed by atoms with Gasteiger partial charge in [-0.25, -0.2) is 13.8 Å². The quantitative estimate of drug-likeness (QED) is 0.282. The van der Waals surface area contributed by atoms with E-state index in [1.165, 1.54) is 19.4 Å². The first kappa shape index (κ1) is 25.5. The van der Waals surface area contributed by atoms with Crippen molar-refractivity contribution in [2.45, 2.75) is 32.0 Å². The van der Waals surface area contributed by atoms with Crippen LogP contribution in [0.25, 0.3) is 32.9 Å². The van der Waals surface area contributed by atoms with Crippen molar-refractivity contribution in [2.24, 2.45) is 0 Å². The number of pyridine rings is 1. The molecular formula is C26H25ClF2N4O4. The monoisotopic (exact) mass is 530 g/mol. The molecule has 0 bridgehead atoms. The first-order chi connectivity index (χ1) is 17.8. The number of aliphatic hydroxyl groups excluding tert-OH is 2. The number of benzene rings is 2. The minimum Gasteiger partial charge on any atom is -0.468 e. The molecule has 1 saturated heterocycles. The molecule has 1 aliphatic heterocycles. The number of methoxy groups -OCH3 is 1. The summed E-state index contributed by atoms with van der Waals surface area (Å²) in [6.45, 7) is 2.17. The minimum atomic E-state index is -0.784.